The molecule has 0 spiro atoms. The summed E-state index contributed by atoms with van der Waals surface area (Å²) in [6.45, 7) is 5.04. The number of amides is 2. The van der Waals surface area contributed by atoms with Gasteiger partial charge in [0, 0.05) is 26.2 Å². The second-order valence-corrected chi connectivity index (χ2v) is 7.70. The van der Waals surface area contributed by atoms with Gasteiger partial charge in [-0.2, -0.15) is 0 Å². The molecule has 3 saturated heterocycles. The van der Waals surface area contributed by atoms with Gasteiger partial charge in [-0.05, 0) is 51.0 Å². The smallest absolute Gasteiger partial charge is 0.237 e. The molecule has 0 aromatic rings. The van der Waals surface area contributed by atoms with Gasteiger partial charge in [-0.15, -0.1) is 12.4 Å². The van der Waals surface area contributed by atoms with E-state index in [2.05, 4.69) is 10.6 Å². The Morgan fingerprint density at radius 1 is 1.19 bits per heavy atom. The summed E-state index contributed by atoms with van der Waals surface area (Å²) >= 11 is 0. The molecule has 7 nitrogen and oxygen atoms in total. The number of hydrogen-bond acceptors (Lipinski definition) is 5. The molecule has 0 aromatic heterocycles. The van der Waals surface area contributed by atoms with E-state index in [1.54, 1.807) is 0 Å². The van der Waals surface area contributed by atoms with Gasteiger partial charge < -0.3 is 25.0 Å². The summed E-state index contributed by atoms with van der Waals surface area (Å²) in [5, 5.41) is 6.28. The minimum Gasteiger partial charge on any atom is -0.378 e. The summed E-state index contributed by atoms with van der Waals surface area (Å²) in [7, 11) is 0. The first kappa shape index (κ1) is 22.4. The van der Waals surface area contributed by atoms with Crippen LogP contribution in [0, 0.1) is 5.92 Å². The molecule has 0 aliphatic carbocycles. The number of carbonyl (C=O) groups is 2. The van der Waals surface area contributed by atoms with Crippen molar-refractivity contribution in [3.63, 3.8) is 0 Å². The average Bonchev–Trinajstić information content (AvgIpc) is 3.37. The maximum atomic E-state index is 12.4. The molecular weight excluding hydrogens is 370 g/mol. The standard InChI is InChI=1S/C19H33N3O4.ClH/c23-18(7-11-25-14-16-5-3-10-26-16)22-9-2-4-15(13-22)12-21-19(24)17-6-1-8-20-17;/h15-17,20H,1-14H2,(H,21,24);1H. The Hall–Kier alpha value is -0.890. The van der Waals surface area contributed by atoms with E-state index < -0.39 is 0 Å². The molecule has 8 heteroatoms. The van der Waals surface area contributed by atoms with Gasteiger partial charge in [0.05, 0.1) is 31.8 Å². The van der Waals surface area contributed by atoms with Crippen molar-refractivity contribution in [2.45, 2.75) is 57.1 Å². The number of rotatable bonds is 8. The fraction of sp³-hybridized carbons (Fsp3) is 0.895. The zero-order chi connectivity index (χ0) is 18.2. The summed E-state index contributed by atoms with van der Waals surface area (Å²) in [5.74, 6) is 0.616. The molecule has 3 rings (SSSR count). The average molecular weight is 404 g/mol. The predicted octanol–water partition coefficient (Wildman–Crippen LogP) is 1.10. The Morgan fingerprint density at radius 2 is 2.07 bits per heavy atom. The van der Waals surface area contributed by atoms with Gasteiger partial charge in [-0.3, -0.25) is 9.59 Å². The Kier molecular flexibility index (Phi) is 9.82. The summed E-state index contributed by atoms with van der Waals surface area (Å²) in [5.41, 5.74) is 0. The molecule has 27 heavy (non-hydrogen) atoms. The van der Waals surface area contributed by atoms with Crippen LogP contribution in [0.4, 0.5) is 0 Å². The van der Waals surface area contributed by atoms with E-state index in [1.807, 2.05) is 4.90 Å². The summed E-state index contributed by atoms with van der Waals surface area (Å²) < 4.78 is 11.1. The molecule has 3 unspecified atom stereocenters. The number of nitrogens with one attached hydrogen (secondary N) is 2. The molecule has 0 radical (unpaired) electrons. The Balaban J connectivity index is 0.00000261. The fourth-order valence-electron chi connectivity index (χ4n) is 4.04. The fourth-order valence-corrected chi connectivity index (χ4v) is 4.04. The van der Waals surface area contributed by atoms with Crippen molar-refractivity contribution in [3.8, 4) is 0 Å². The molecule has 2 N–H and O–H groups in total. The van der Waals surface area contributed by atoms with Gasteiger partial charge in [0.15, 0.2) is 0 Å². The Labute approximate surface area is 168 Å². The first-order chi connectivity index (χ1) is 12.7. The van der Waals surface area contributed by atoms with Crippen molar-refractivity contribution in [2.75, 3.05) is 46.0 Å². The summed E-state index contributed by atoms with van der Waals surface area (Å²) in [6, 6.07) is -0.0303. The van der Waals surface area contributed by atoms with Crippen molar-refractivity contribution >= 4 is 24.2 Å². The number of nitrogens with zero attached hydrogens (tertiary/aromatic N) is 1. The number of halogens is 1. The predicted molar refractivity (Wildman–Crippen MR) is 105 cm³/mol. The van der Waals surface area contributed by atoms with Crippen LogP contribution in [0.1, 0.15) is 44.9 Å². The molecule has 156 valence electrons. The maximum Gasteiger partial charge on any atom is 0.237 e. The third kappa shape index (κ3) is 7.22. The highest BCUT2D eigenvalue weighted by Crippen LogP contribution is 2.17. The molecule has 3 aliphatic rings. The number of ether oxygens (including phenoxy) is 2. The lowest BCUT2D eigenvalue weighted by Gasteiger charge is -2.33. The number of carbonyl (C=O) groups excluding carboxylic acids is 2. The molecule has 0 bridgehead atoms. The molecule has 3 aliphatic heterocycles. The van der Waals surface area contributed by atoms with Gasteiger partial charge in [-0.25, -0.2) is 0 Å². The van der Waals surface area contributed by atoms with Gasteiger partial charge >= 0.3 is 0 Å². The topological polar surface area (TPSA) is 79.9 Å². The van der Waals surface area contributed by atoms with E-state index in [0.29, 0.717) is 32.1 Å². The maximum absolute atomic E-state index is 12.4. The van der Waals surface area contributed by atoms with Gasteiger partial charge in [0.25, 0.3) is 0 Å². The van der Waals surface area contributed by atoms with Crippen LogP contribution in [0.15, 0.2) is 0 Å². The van der Waals surface area contributed by atoms with Crippen LogP contribution < -0.4 is 10.6 Å². The van der Waals surface area contributed by atoms with Crippen molar-refractivity contribution in [1.29, 1.82) is 0 Å². The minimum atomic E-state index is -0.0303. The van der Waals surface area contributed by atoms with E-state index >= 15 is 0 Å². The zero-order valence-corrected chi connectivity index (χ0v) is 16.9. The van der Waals surface area contributed by atoms with Gasteiger partial charge in [0.2, 0.25) is 11.8 Å². The minimum absolute atomic E-state index is 0. The van der Waals surface area contributed by atoms with Crippen molar-refractivity contribution < 1.29 is 19.1 Å². The van der Waals surface area contributed by atoms with E-state index in [-0.39, 0.29) is 36.4 Å². The normalized spacial score (nSPS) is 28.0. The molecule has 3 atom stereocenters. The van der Waals surface area contributed by atoms with E-state index in [0.717, 1.165) is 64.8 Å². The number of likely N-dealkylation sites (tertiary alicyclic amines) is 1. The van der Waals surface area contributed by atoms with Gasteiger partial charge in [-0.1, -0.05) is 0 Å². The third-order valence-electron chi connectivity index (χ3n) is 5.60. The van der Waals surface area contributed by atoms with Crippen LogP contribution in [-0.4, -0.2) is 74.9 Å². The van der Waals surface area contributed by atoms with Crippen LogP contribution in [0.2, 0.25) is 0 Å². The van der Waals surface area contributed by atoms with Crippen LogP contribution in [0.25, 0.3) is 0 Å². The Morgan fingerprint density at radius 3 is 2.81 bits per heavy atom. The monoisotopic (exact) mass is 403 g/mol. The van der Waals surface area contributed by atoms with Crippen LogP contribution in [0.5, 0.6) is 0 Å². The largest absolute Gasteiger partial charge is 0.378 e. The highest BCUT2D eigenvalue weighted by molar-refractivity contribution is 5.85. The third-order valence-corrected chi connectivity index (χ3v) is 5.60. The van der Waals surface area contributed by atoms with E-state index in [9.17, 15) is 9.59 Å². The molecule has 0 saturated carbocycles. The molecule has 3 heterocycles. The summed E-state index contributed by atoms with van der Waals surface area (Å²) in [6.07, 6.45) is 6.87. The Bertz CT molecular complexity index is 468. The zero-order valence-electron chi connectivity index (χ0n) is 16.1. The lowest BCUT2D eigenvalue weighted by atomic mass is 9.97. The lowest BCUT2D eigenvalue weighted by Crippen LogP contribution is -2.46. The summed E-state index contributed by atoms with van der Waals surface area (Å²) in [4.78, 5) is 26.4. The molecule has 2 amide bonds. The van der Waals surface area contributed by atoms with Crippen molar-refractivity contribution in [3.05, 3.63) is 0 Å². The number of hydrogen-bond donors (Lipinski definition) is 2. The molecule has 0 aromatic carbocycles. The highest BCUT2D eigenvalue weighted by atomic mass is 35.5. The second-order valence-electron chi connectivity index (χ2n) is 7.70. The van der Waals surface area contributed by atoms with Crippen LogP contribution in [0.3, 0.4) is 0 Å². The van der Waals surface area contributed by atoms with Gasteiger partial charge in [0.1, 0.15) is 0 Å². The quantitative estimate of drug-likeness (QED) is 0.593. The van der Waals surface area contributed by atoms with Crippen LogP contribution >= 0.6 is 12.4 Å². The lowest BCUT2D eigenvalue weighted by molar-refractivity contribution is -0.134. The number of piperidine rings is 1. The second kappa shape index (κ2) is 11.8. The van der Waals surface area contributed by atoms with Crippen molar-refractivity contribution in [1.82, 2.24) is 15.5 Å². The SMILES string of the molecule is Cl.O=C(NCC1CCCN(C(=O)CCOCC2CCCO2)C1)C1CCCN1. The van der Waals surface area contributed by atoms with E-state index in [4.69, 9.17) is 9.47 Å². The van der Waals surface area contributed by atoms with E-state index in [1.165, 1.54) is 0 Å². The molecule has 3 fully saturated rings. The first-order valence-corrected chi connectivity index (χ1v) is 10.2. The molecular formula is C19H34ClN3O4. The van der Waals surface area contributed by atoms with Crippen molar-refractivity contribution in [2.24, 2.45) is 5.92 Å². The highest BCUT2D eigenvalue weighted by Gasteiger charge is 2.26. The first-order valence-electron chi connectivity index (χ1n) is 10.2. The van der Waals surface area contributed by atoms with Crippen LogP contribution in [-0.2, 0) is 19.1 Å².